The van der Waals surface area contributed by atoms with Gasteiger partial charge in [0, 0.05) is 15.5 Å². The van der Waals surface area contributed by atoms with Gasteiger partial charge >= 0.3 is 0 Å². The van der Waals surface area contributed by atoms with E-state index < -0.39 is 0 Å². The van der Waals surface area contributed by atoms with Gasteiger partial charge in [-0.05, 0) is 19.1 Å². The third-order valence-corrected chi connectivity index (χ3v) is 4.82. The molecule has 0 amide bonds. The highest BCUT2D eigenvalue weighted by Gasteiger charge is 2.19. The van der Waals surface area contributed by atoms with Crippen LogP contribution >= 0.6 is 11.3 Å². The number of anilines is 1. The van der Waals surface area contributed by atoms with Crippen LogP contribution in [0.4, 0.5) is 5.69 Å². The Kier molecular flexibility index (Phi) is 3.29. The lowest BCUT2D eigenvalue weighted by atomic mass is 10.1. The Hall–Kier alpha value is -1.39. The Bertz CT molecular complexity index is 657. The molecule has 1 aliphatic heterocycles. The molecule has 100 valence electrons. The molecule has 19 heavy (non-hydrogen) atoms. The maximum atomic E-state index is 12.6. The van der Waals surface area contributed by atoms with E-state index in [1.807, 2.05) is 18.4 Å². The molecule has 1 fully saturated rings. The van der Waals surface area contributed by atoms with Gasteiger partial charge in [0.2, 0.25) is 5.43 Å². The first-order valence-corrected chi connectivity index (χ1v) is 7.61. The summed E-state index contributed by atoms with van der Waals surface area (Å²) in [6.07, 6.45) is 0. The van der Waals surface area contributed by atoms with Gasteiger partial charge in [-0.25, -0.2) is 0 Å². The lowest BCUT2D eigenvalue weighted by molar-refractivity contribution is -0.880. The quantitative estimate of drug-likeness (QED) is 0.836. The Morgan fingerprint density at radius 2 is 2.00 bits per heavy atom. The molecule has 0 aliphatic carbocycles. The third kappa shape index (κ3) is 2.38. The fraction of sp³-hybridized carbons (Fsp3) is 0.400. The van der Waals surface area contributed by atoms with E-state index in [1.165, 1.54) is 0 Å². The van der Waals surface area contributed by atoms with E-state index in [0.29, 0.717) is 0 Å². The van der Waals surface area contributed by atoms with Crippen molar-refractivity contribution >= 4 is 27.1 Å². The van der Waals surface area contributed by atoms with Crippen molar-refractivity contribution in [1.82, 2.24) is 0 Å². The van der Waals surface area contributed by atoms with E-state index in [4.69, 9.17) is 0 Å². The van der Waals surface area contributed by atoms with Crippen molar-refractivity contribution in [2.24, 2.45) is 0 Å². The molecule has 2 heterocycles. The Labute approximate surface area is 117 Å². The summed E-state index contributed by atoms with van der Waals surface area (Å²) in [6.45, 7) is 6.21. The van der Waals surface area contributed by atoms with Gasteiger partial charge in [0.1, 0.15) is 0 Å². The van der Waals surface area contributed by atoms with E-state index in [0.717, 1.165) is 47.5 Å². The van der Waals surface area contributed by atoms with Crippen LogP contribution in [0.5, 0.6) is 0 Å². The van der Waals surface area contributed by atoms with Crippen molar-refractivity contribution in [2.75, 3.05) is 38.1 Å². The number of quaternary nitrogens is 1. The van der Waals surface area contributed by atoms with E-state index in [1.54, 1.807) is 16.2 Å². The summed E-state index contributed by atoms with van der Waals surface area (Å²) in [6, 6.07) is 6.13. The second-order valence-electron chi connectivity index (χ2n) is 5.39. The highest BCUT2D eigenvalue weighted by atomic mass is 32.1. The summed E-state index contributed by atoms with van der Waals surface area (Å²) in [7, 11) is 2.21. The van der Waals surface area contributed by atoms with Crippen molar-refractivity contribution in [2.45, 2.75) is 6.92 Å². The standard InChI is InChI=1S/C15H18N2OS/c1-11-3-4-14-12(9-11)15(18)13(10-19-14)17-7-5-16(2)6-8-17/h3-4,9-10H,5-8H2,1-2H3/p+1. The van der Waals surface area contributed by atoms with Gasteiger partial charge in [-0.1, -0.05) is 11.6 Å². The molecule has 1 aliphatic rings. The first kappa shape index (κ1) is 12.6. The maximum absolute atomic E-state index is 12.6. The fourth-order valence-corrected chi connectivity index (χ4v) is 3.50. The zero-order chi connectivity index (χ0) is 13.4. The number of nitrogens with one attached hydrogen (secondary N) is 1. The van der Waals surface area contributed by atoms with Gasteiger partial charge in [0.05, 0.1) is 38.9 Å². The van der Waals surface area contributed by atoms with Crippen LogP contribution in [-0.4, -0.2) is 33.2 Å². The number of likely N-dealkylation sites (N-methyl/N-ethyl adjacent to an activating group) is 1. The summed E-state index contributed by atoms with van der Waals surface area (Å²) in [5.41, 5.74) is 2.23. The predicted octanol–water partition coefficient (Wildman–Crippen LogP) is 0.905. The largest absolute Gasteiger partial charge is 0.356 e. The van der Waals surface area contributed by atoms with Gasteiger partial charge in [0.15, 0.2) is 0 Å². The van der Waals surface area contributed by atoms with Gasteiger partial charge in [-0.2, -0.15) is 0 Å². The Balaban J connectivity index is 2.05. The van der Waals surface area contributed by atoms with Gasteiger partial charge in [-0.15, -0.1) is 11.3 Å². The molecule has 4 heteroatoms. The van der Waals surface area contributed by atoms with Crippen LogP contribution in [0.15, 0.2) is 28.4 Å². The molecule has 0 spiro atoms. The molecule has 0 unspecified atom stereocenters. The molecule has 1 N–H and O–H groups in total. The zero-order valence-electron chi connectivity index (χ0n) is 11.4. The fourth-order valence-electron chi connectivity index (χ4n) is 2.58. The second kappa shape index (κ2) is 4.94. The summed E-state index contributed by atoms with van der Waals surface area (Å²) in [5.74, 6) is 0. The number of piperazine rings is 1. The van der Waals surface area contributed by atoms with Crippen LogP contribution in [0, 0.1) is 6.92 Å². The lowest BCUT2D eigenvalue weighted by Crippen LogP contribution is -3.12. The Morgan fingerprint density at radius 1 is 1.26 bits per heavy atom. The third-order valence-electron chi connectivity index (χ3n) is 3.87. The van der Waals surface area contributed by atoms with Crippen LogP contribution in [0.2, 0.25) is 0 Å². The molecule has 0 atom stereocenters. The normalized spacial score (nSPS) is 17.1. The minimum absolute atomic E-state index is 0.192. The molecule has 1 saturated heterocycles. The van der Waals surface area contributed by atoms with Crippen LogP contribution in [0.25, 0.3) is 10.1 Å². The van der Waals surface area contributed by atoms with Gasteiger partial charge < -0.3 is 9.80 Å². The maximum Gasteiger partial charge on any atom is 0.211 e. The van der Waals surface area contributed by atoms with Gasteiger partial charge in [0.25, 0.3) is 0 Å². The van der Waals surface area contributed by atoms with Crippen LogP contribution < -0.4 is 15.2 Å². The zero-order valence-corrected chi connectivity index (χ0v) is 12.2. The second-order valence-corrected chi connectivity index (χ2v) is 6.31. The average molecular weight is 275 g/mol. The molecule has 1 aromatic heterocycles. The highest BCUT2D eigenvalue weighted by Crippen LogP contribution is 2.22. The van der Waals surface area contributed by atoms with Crippen molar-refractivity contribution in [3.8, 4) is 0 Å². The van der Waals surface area contributed by atoms with Crippen molar-refractivity contribution in [3.63, 3.8) is 0 Å². The SMILES string of the molecule is Cc1ccc2scc(N3CC[NH+](C)CC3)c(=O)c2c1. The molecule has 0 bridgehead atoms. The van der Waals surface area contributed by atoms with E-state index in [2.05, 4.69) is 24.1 Å². The number of hydrogen-bond acceptors (Lipinski definition) is 3. The van der Waals surface area contributed by atoms with Crippen molar-refractivity contribution < 1.29 is 4.90 Å². The summed E-state index contributed by atoms with van der Waals surface area (Å²) in [5, 5.41) is 2.90. The molecule has 1 aromatic carbocycles. The topological polar surface area (TPSA) is 24.8 Å². The molecule has 2 aromatic rings. The highest BCUT2D eigenvalue weighted by molar-refractivity contribution is 7.16. The predicted molar refractivity (Wildman–Crippen MR) is 81.7 cm³/mol. The number of fused-ring (bicyclic) bond motifs is 1. The summed E-state index contributed by atoms with van der Waals surface area (Å²) in [4.78, 5) is 16.4. The minimum atomic E-state index is 0.192. The number of nitrogens with zero attached hydrogens (tertiary/aromatic N) is 1. The first-order chi connectivity index (χ1) is 9.15. The minimum Gasteiger partial charge on any atom is -0.356 e. The summed E-state index contributed by atoms with van der Waals surface area (Å²) >= 11 is 1.67. The van der Waals surface area contributed by atoms with Gasteiger partial charge in [-0.3, -0.25) is 4.79 Å². The van der Waals surface area contributed by atoms with Crippen LogP contribution in [0.1, 0.15) is 5.56 Å². The molecule has 0 radical (unpaired) electrons. The Morgan fingerprint density at radius 3 is 2.74 bits per heavy atom. The average Bonchev–Trinajstić information content (AvgIpc) is 2.41. The first-order valence-electron chi connectivity index (χ1n) is 6.73. The van der Waals surface area contributed by atoms with E-state index >= 15 is 0 Å². The molecular formula is C15H19N2OS+. The molecular weight excluding hydrogens is 256 g/mol. The molecule has 3 rings (SSSR count). The van der Waals surface area contributed by atoms with Crippen LogP contribution in [-0.2, 0) is 0 Å². The van der Waals surface area contributed by atoms with E-state index in [-0.39, 0.29) is 5.43 Å². The number of hydrogen-bond donors (Lipinski definition) is 1. The lowest BCUT2D eigenvalue weighted by Gasteiger charge is -2.31. The molecule has 0 saturated carbocycles. The summed E-state index contributed by atoms with van der Waals surface area (Å²) < 4.78 is 1.08. The number of aryl methyl sites for hydroxylation is 1. The van der Waals surface area contributed by atoms with E-state index in [9.17, 15) is 4.79 Å². The monoisotopic (exact) mass is 275 g/mol. The smallest absolute Gasteiger partial charge is 0.211 e. The van der Waals surface area contributed by atoms with Crippen molar-refractivity contribution in [1.29, 1.82) is 0 Å². The van der Waals surface area contributed by atoms with Crippen molar-refractivity contribution in [3.05, 3.63) is 39.4 Å². The number of benzene rings is 1. The number of rotatable bonds is 1. The molecule has 3 nitrogen and oxygen atoms in total. The van der Waals surface area contributed by atoms with Crippen LogP contribution in [0.3, 0.4) is 0 Å².